The van der Waals surface area contributed by atoms with Crippen molar-refractivity contribution in [1.82, 2.24) is 9.88 Å². The van der Waals surface area contributed by atoms with E-state index in [4.69, 9.17) is 4.74 Å². The van der Waals surface area contributed by atoms with Crippen molar-refractivity contribution in [3.05, 3.63) is 83.4 Å². The second-order valence-corrected chi connectivity index (χ2v) is 10.4. The average molecular weight is 500 g/mol. The van der Waals surface area contributed by atoms with Gasteiger partial charge in [-0.3, -0.25) is 9.69 Å². The number of fused-ring (bicyclic) bond motifs is 1. The summed E-state index contributed by atoms with van der Waals surface area (Å²) in [5.41, 5.74) is 7.67. The Morgan fingerprint density at radius 1 is 1.06 bits per heavy atom. The van der Waals surface area contributed by atoms with Gasteiger partial charge in [-0.05, 0) is 59.9 Å². The number of carbonyl (C=O) groups excluding carboxylic acids is 1. The van der Waals surface area contributed by atoms with Gasteiger partial charge in [-0.15, -0.1) is 11.3 Å². The molecule has 36 heavy (non-hydrogen) atoms. The second kappa shape index (κ2) is 11.8. The SMILES string of the molecule is COCCN(Cc1cc(C(=O)Nc2ccc3scnc3c2)ccc1-c1ccccc1)C1CCCCC1. The molecule has 0 saturated heterocycles. The minimum absolute atomic E-state index is 0.105. The zero-order chi connectivity index (χ0) is 24.7. The van der Waals surface area contributed by atoms with Gasteiger partial charge in [0.15, 0.2) is 0 Å². The molecule has 1 fully saturated rings. The van der Waals surface area contributed by atoms with Crippen molar-refractivity contribution < 1.29 is 9.53 Å². The Balaban J connectivity index is 1.44. The summed E-state index contributed by atoms with van der Waals surface area (Å²) in [5.74, 6) is -0.105. The molecule has 1 N–H and O–H groups in total. The van der Waals surface area contributed by atoms with E-state index in [9.17, 15) is 4.79 Å². The van der Waals surface area contributed by atoms with Crippen LogP contribution in [0.3, 0.4) is 0 Å². The molecule has 1 aliphatic carbocycles. The molecule has 1 aliphatic rings. The third-order valence-electron chi connectivity index (χ3n) is 7.09. The van der Waals surface area contributed by atoms with Crippen LogP contribution in [0.1, 0.15) is 48.0 Å². The first-order valence-electron chi connectivity index (χ1n) is 12.8. The van der Waals surface area contributed by atoms with Crippen LogP contribution in [0.25, 0.3) is 21.3 Å². The highest BCUT2D eigenvalue weighted by Gasteiger charge is 2.23. The Kier molecular flexibility index (Phi) is 8.06. The number of benzene rings is 3. The van der Waals surface area contributed by atoms with Gasteiger partial charge >= 0.3 is 0 Å². The standard InChI is InChI=1S/C30H33N3O2S/c1-35-17-16-33(26-10-6-3-7-11-26)20-24-18-23(12-14-27(24)22-8-4-2-5-9-22)30(34)32-25-13-15-29-28(19-25)31-21-36-29/h2,4-5,8-9,12-15,18-19,21,26H,3,6-7,10-11,16-17,20H2,1H3,(H,32,34). The number of carbonyl (C=O) groups is 1. The number of anilines is 1. The molecule has 0 aliphatic heterocycles. The molecule has 0 unspecified atom stereocenters. The fourth-order valence-corrected chi connectivity index (χ4v) is 5.83. The van der Waals surface area contributed by atoms with Crippen molar-refractivity contribution in [2.24, 2.45) is 0 Å². The molecule has 5 rings (SSSR count). The molecule has 5 nitrogen and oxygen atoms in total. The number of methoxy groups -OCH3 is 1. The lowest BCUT2D eigenvalue weighted by Crippen LogP contribution is -2.38. The van der Waals surface area contributed by atoms with Crippen molar-refractivity contribution in [1.29, 1.82) is 0 Å². The maximum atomic E-state index is 13.3. The van der Waals surface area contributed by atoms with Crippen LogP contribution >= 0.6 is 11.3 Å². The molecule has 4 aromatic rings. The first-order valence-corrected chi connectivity index (χ1v) is 13.6. The van der Waals surface area contributed by atoms with E-state index in [1.165, 1.54) is 48.8 Å². The number of thiazole rings is 1. The molecule has 1 amide bonds. The molecule has 0 bridgehead atoms. The van der Waals surface area contributed by atoms with Crippen molar-refractivity contribution in [3.8, 4) is 11.1 Å². The minimum atomic E-state index is -0.105. The molecule has 1 heterocycles. The second-order valence-electron chi connectivity index (χ2n) is 9.48. The number of rotatable bonds is 9. The van der Waals surface area contributed by atoms with E-state index < -0.39 is 0 Å². The minimum Gasteiger partial charge on any atom is -0.383 e. The third kappa shape index (κ3) is 5.84. The predicted octanol–water partition coefficient (Wildman–Crippen LogP) is 7.00. The molecule has 186 valence electrons. The highest BCUT2D eigenvalue weighted by Crippen LogP contribution is 2.30. The van der Waals surface area contributed by atoms with Crippen molar-refractivity contribution in [2.45, 2.75) is 44.7 Å². The predicted molar refractivity (Wildman–Crippen MR) is 149 cm³/mol. The van der Waals surface area contributed by atoms with E-state index in [1.807, 2.05) is 35.8 Å². The Morgan fingerprint density at radius 3 is 2.69 bits per heavy atom. The van der Waals surface area contributed by atoms with E-state index in [0.717, 1.165) is 29.0 Å². The lowest BCUT2D eigenvalue weighted by atomic mass is 9.92. The van der Waals surface area contributed by atoms with Crippen LogP contribution in [0.2, 0.25) is 0 Å². The summed E-state index contributed by atoms with van der Waals surface area (Å²) in [5, 5.41) is 3.07. The zero-order valence-electron chi connectivity index (χ0n) is 20.8. The van der Waals surface area contributed by atoms with Gasteiger partial charge in [0.1, 0.15) is 0 Å². The maximum absolute atomic E-state index is 13.3. The number of nitrogens with zero attached hydrogens (tertiary/aromatic N) is 2. The van der Waals surface area contributed by atoms with E-state index >= 15 is 0 Å². The molecule has 1 aromatic heterocycles. The van der Waals surface area contributed by atoms with Gasteiger partial charge in [-0.25, -0.2) is 4.98 Å². The Morgan fingerprint density at radius 2 is 1.89 bits per heavy atom. The number of hydrogen-bond donors (Lipinski definition) is 1. The summed E-state index contributed by atoms with van der Waals surface area (Å²) in [6.07, 6.45) is 6.34. The summed E-state index contributed by atoms with van der Waals surface area (Å²) >= 11 is 1.60. The Labute approximate surface area is 217 Å². The average Bonchev–Trinajstić information content (AvgIpc) is 3.40. The molecule has 3 aromatic carbocycles. The van der Waals surface area contributed by atoms with Crippen LogP contribution in [-0.2, 0) is 11.3 Å². The molecular formula is C30H33N3O2S. The number of hydrogen-bond acceptors (Lipinski definition) is 5. The van der Waals surface area contributed by atoms with Gasteiger partial charge in [0.25, 0.3) is 5.91 Å². The lowest BCUT2D eigenvalue weighted by Gasteiger charge is -2.35. The largest absolute Gasteiger partial charge is 0.383 e. The molecule has 0 spiro atoms. The topological polar surface area (TPSA) is 54.5 Å². The molecule has 0 radical (unpaired) electrons. The van der Waals surface area contributed by atoms with Crippen molar-refractivity contribution in [3.63, 3.8) is 0 Å². The van der Waals surface area contributed by atoms with Crippen LogP contribution in [0.5, 0.6) is 0 Å². The van der Waals surface area contributed by atoms with Gasteiger partial charge in [-0.1, -0.05) is 55.7 Å². The van der Waals surface area contributed by atoms with Gasteiger partial charge in [-0.2, -0.15) is 0 Å². The molecule has 6 heteroatoms. The fraction of sp³-hybridized carbons (Fsp3) is 0.333. The monoisotopic (exact) mass is 499 g/mol. The Bertz CT molecular complexity index is 1300. The number of amides is 1. The van der Waals surface area contributed by atoms with Gasteiger partial charge in [0.2, 0.25) is 0 Å². The first-order chi connectivity index (χ1) is 17.7. The van der Waals surface area contributed by atoms with E-state index in [1.54, 1.807) is 18.4 Å². The van der Waals surface area contributed by atoms with Crippen molar-refractivity contribution >= 4 is 33.1 Å². The van der Waals surface area contributed by atoms with E-state index in [-0.39, 0.29) is 5.91 Å². The summed E-state index contributed by atoms with van der Waals surface area (Å²) in [7, 11) is 1.77. The van der Waals surface area contributed by atoms with Crippen LogP contribution < -0.4 is 5.32 Å². The quantitative estimate of drug-likeness (QED) is 0.269. The molecule has 0 atom stereocenters. The number of ether oxygens (including phenoxy) is 1. The smallest absolute Gasteiger partial charge is 0.255 e. The van der Waals surface area contributed by atoms with Crippen molar-refractivity contribution in [2.75, 3.05) is 25.6 Å². The highest BCUT2D eigenvalue weighted by atomic mass is 32.1. The van der Waals surface area contributed by atoms with Crippen LogP contribution in [0.4, 0.5) is 5.69 Å². The third-order valence-corrected chi connectivity index (χ3v) is 7.90. The van der Waals surface area contributed by atoms with Gasteiger partial charge in [0.05, 0.1) is 22.3 Å². The molecular weight excluding hydrogens is 466 g/mol. The van der Waals surface area contributed by atoms with Gasteiger partial charge in [0, 0.05) is 37.5 Å². The summed E-state index contributed by atoms with van der Waals surface area (Å²) < 4.78 is 6.57. The highest BCUT2D eigenvalue weighted by molar-refractivity contribution is 7.16. The number of aromatic nitrogens is 1. The zero-order valence-corrected chi connectivity index (χ0v) is 21.6. The van der Waals surface area contributed by atoms with E-state index in [0.29, 0.717) is 18.2 Å². The van der Waals surface area contributed by atoms with E-state index in [2.05, 4.69) is 51.6 Å². The normalized spacial score (nSPS) is 14.4. The lowest BCUT2D eigenvalue weighted by molar-refractivity contribution is 0.0964. The first kappa shape index (κ1) is 24.6. The Hall–Kier alpha value is -3.06. The summed E-state index contributed by atoms with van der Waals surface area (Å²) in [6.45, 7) is 2.39. The summed E-state index contributed by atoms with van der Waals surface area (Å²) in [4.78, 5) is 20.2. The van der Waals surface area contributed by atoms with Crippen LogP contribution in [0, 0.1) is 0 Å². The fourth-order valence-electron chi connectivity index (χ4n) is 5.17. The maximum Gasteiger partial charge on any atom is 0.255 e. The molecule has 1 saturated carbocycles. The number of nitrogens with one attached hydrogen (secondary N) is 1. The van der Waals surface area contributed by atoms with Crippen LogP contribution in [0.15, 0.2) is 72.2 Å². The van der Waals surface area contributed by atoms with Gasteiger partial charge < -0.3 is 10.1 Å². The summed E-state index contributed by atoms with van der Waals surface area (Å²) in [6, 6.07) is 23.0. The van der Waals surface area contributed by atoms with Crippen LogP contribution in [-0.4, -0.2) is 42.1 Å².